The molecule has 0 saturated heterocycles. The van der Waals surface area contributed by atoms with E-state index in [1.54, 1.807) is 7.11 Å². The van der Waals surface area contributed by atoms with Gasteiger partial charge in [0, 0.05) is 11.8 Å². The lowest BCUT2D eigenvalue weighted by molar-refractivity contribution is -0.115. The van der Waals surface area contributed by atoms with Crippen LogP contribution in [-0.4, -0.2) is 19.6 Å². The first-order valence-corrected chi connectivity index (χ1v) is 7.87. The molecule has 2 aromatic rings. The lowest BCUT2D eigenvalue weighted by atomic mass is 10.1. The lowest BCUT2D eigenvalue weighted by Gasteiger charge is -2.09. The Bertz CT molecular complexity index is 623. The maximum absolute atomic E-state index is 12.1. The van der Waals surface area contributed by atoms with Crippen LogP contribution in [-0.2, 0) is 11.2 Å². The van der Waals surface area contributed by atoms with Crippen molar-refractivity contribution in [3.05, 3.63) is 54.1 Å². The number of unbranched alkanes of at least 4 members (excludes halogenated alkanes) is 1. The third-order valence-electron chi connectivity index (χ3n) is 3.41. The van der Waals surface area contributed by atoms with E-state index in [9.17, 15) is 4.79 Å². The van der Waals surface area contributed by atoms with Gasteiger partial charge in [0.1, 0.15) is 11.5 Å². The van der Waals surface area contributed by atoms with E-state index >= 15 is 0 Å². The first-order chi connectivity index (χ1) is 11.2. The molecule has 1 amide bonds. The Morgan fingerprint density at radius 3 is 2.57 bits per heavy atom. The third-order valence-corrected chi connectivity index (χ3v) is 3.41. The highest BCUT2D eigenvalue weighted by molar-refractivity contribution is 5.92. The van der Waals surface area contributed by atoms with E-state index in [1.807, 2.05) is 48.5 Å². The Hall–Kier alpha value is -2.49. The Balaban J connectivity index is 1.90. The Morgan fingerprint density at radius 1 is 1.09 bits per heavy atom. The van der Waals surface area contributed by atoms with Crippen LogP contribution >= 0.6 is 0 Å². The summed E-state index contributed by atoms with van der Waals surface area (Å²) in [6, 6.07) is 15.0. The van der Waals surface area contributed by atoms with Gasteiger partial charge in [-0.25, -0.2) is 0 Å². The van der Waals surface area contributed by atoms with Crippen LogP contribution in [0.3, 0.4) is 0 Å². The van der Waals surface area contributed by atoms with Gasteiger partial charge >= 0.3 is 0 Å². The van der Waals surface area contributed by atoms with Gasteiger partial charge in [0.05, 0.1) is 20.1 Å². The zero-order valence-electron chi connectivity index (χ0n) is 13.7. The van der Waals surface area contributed by atoms with Crippen molar-refractivity contribution < 1.29 is 14.3 Å². The monoisotopic (exact) mass is 313 g/mol. The van der Waals surface area contributed by atoms with Crippen LogP contribution in [0.1, 0.15) is 25.3 Å². The smallest absolute Gasteiger partial charge is 0.228 e. The summed E-state index contributed by atoms with van der Waals surface area (Å²) in [5.41, 5.74) is 1.69. The fourth-order valence-corrected chi connectivity index (χ4v) is 2.13. The van der Waals surface area contributed by atoms with Crippen LogP contribution in [0.4, 0.5) is 5.69 Å². The summed E-state index contributed by atoms with van der Waals surface area (Å²) < 4.78 is 10.8. The van der Waals surface area contributed by atoms with Crippen LogP contribution in [0.2, 0.25) is 0 Å². The second-order valence-electron chi connectivity index (χ2n) is 5.30. The molecular weight excluding hydrogens is 290 g/mol. The van der Waals surface area contributed by atoms with E-state index < -0.39 is 0 Å². The average molecular weight is 313 g/mol. The van der Waals surface area contributed by atoms with Crippen molar-refractivity contribution in [2.24, 2.45) is 0 Å². The quantitative estimate of drug-likeness (QED) is 0.748. The van der Waals surface area contributed by atoms with Crippen molar-refractivity contribution in [3.63, 3.8) is 0 Å². The number of benzene rings is 2. The number of hydrogen-bond donors (Lipinski definition) is 1. The summed E-state index contributed by atoms with van der Waals surface area (Å²) in [6.45, 7) is 2.82. The highest BCUT2D eigenvalue weighted by Gasteiger charge is 2.05. The van der Waals surface area contributed by atoms with Gasteiger partial charge in [0.25, 0.3) is 0 Å². The summed E-state index contributed by atoms with van der Waals surface area (Å²) in [6.07, 6.45) is 2.44. The molecule has 0 aromatic heterocycles. The van der Waals surface area contributed by atoms with Crippen molar-refractivity contribution >= 4 is 11.6 Å². The lowest BCUT2D eigenvalue weighted by Crippen LogP contribution is -2.14. The predicted octanol–water partition coefficient (Wildman–Crippen LogP) is 4.06. The van der Waals surface area contributed by atoms with E-state index in [-0.39, 0.29) is 5.91 Å². The summed E-state index contributed by atoms with van der Waals surface area (Å²) in [5.74, 6) is 1.51. The van der Waals surface area contributed by atoms with Crippen LogP contribution in [0.15, 0.2) is 48.5 Å². The molecule has 2 aromatic carbocycles. The number of methoxy groups -OCH3 is 1. The molecule has 0 aliphatic heterocycles. The number of carbonyl (C=O) groups is 1. The molecule has 0 bridgehead atoms. The maximum Gasteiger partial charge on any atom is 0.228 e. The molecule has 0 radical (unpaired) electrons. The SMILES string of the molecule is CCCCOc1cccc(NC(=O)Cc2ccc(OC)cc2)c1. The van der Waals surface area contributed by atoms with Crippen molar-refractivity contribution in [3.8, 4) is 11.5 Å². The number of hydrogen-bond acceptors (Lipinski definition) is 3. The first kappa shape index (κ1) is 16.9. The van der Waals surface area contributed by atoms with Gasteiger partial charge in [-0.2, -0.15) is 0 Å². The molecule has 4 nitrogen and oxygen atoms in total. The number of nitrogens with one attached hydrogen (secondary N) is 1. The molecular formula is C19H23NO3. The van der Waals surface area contributed by atoms with Gasteiger partial charge in [-0.1, -0.05) is 31.5 Å². The van der Waals surface area contributed by atoms with E-state index in [2.05, 4.69) is 12.2 Å². The molecule has 0 aliphatic rings. The predicted molar refractivity (Wildman–Crippen MR) is 92.2 cm³/mol. The van der Waals surface area contributed by atoms with Crippen LogP contribution < -0.4 is 14.8 Å². The second kappa shape index (κ2) is 8.83. The molecule has 122 valence electrons. The van der Waals surface area contributed by atoms with Gasteiger partial charge in [0.15, 0.2) is 0 Å². The Labute approximate surface area is 137 Å². The molecule has 23 heavy (non-hydrogen) atoms. The summed E-state index contributed by atoms with van der Waals surface area (Å²) in [7, 11) is 1.62. The number of amides is 1. The van der Waals surface area contributed by atoms with E-state index in [0.29, 0.717) is 13.0 Å². The minimum absolute atomic E-state index is 0.0547. The van der Waals surface area contributed by atoms with Crippen molar-refractivity contribution in [1.29, 1.82) is 0 Å². The van der Waals surface area contributed by atoms with Gasteiger partial charge < -0.3 is 14.8 Å². The molecule has 2 rings (SSSR count). The molecule has 4 heteroatoms. The molecule has 0 fully saturated rings. The summed E-state index contributed by atoms with van der Waals surface area (Å²) in [5, 5.41) is 2.90. The van der Waals surface area contributed by atoms with E-state index in [4.69, 9.17) is 9.47 Å². The van der Waals surface area contributed by atoms with Gasteiger partial charge in [-0.3, -0.25) is 4.79 Å². The molecule has 0 atom stereocenters. The second-order valence-corrected chi connectivity index (χ2v) is 5.30. The van der Waals surface area contributed by atoms with E-state index in [0.717, 1.165) is 35.6 Å². The Morgan fingerprint density at radius 2 is 1.87 bits per heavy atom. The molecule has 0 unspecified atom stereocenters. The largest absolute Gasteiger partial charge is 0.497 e. The fourth-order valence-electron chi connectivity index (χ4n) is 2.13. The van der Waals surface area contributed by atoms with Crippen LogP contribution in [0.25, 0.3) is 0 Å². The molecule has 1 N–H and O–H groups in total. The third kappa shape index (κ3) is 5.66. The summed E-state index contributed by atoms with van der Waals surface area (Å²) in [4.78, 5) is 12.1. The number of carbonyl (C=O) groups excluding carboxylic acids is 1. The highest BCUT2D eigenvalue weighted by Crippen LogP contribution is 2.18. The molecule has 0 saturated carbocycles. The van der Waals surface area contributed by atoms with Crippen LogP contribution in [0, 0.1) is 0 Å². The topological polar surface area (TPSA) is 47.6 Å². The van der Waals surface area contributed by atoms with Crippen molar-refractivity contribution in [2.45, 2.75) is 26.2 Å². The maximum atomic E-state index is 12.1. The minimum atomic E-state index is -0.0547. The van der Waals surface area contributed by atoms with Crippen LogP contribution in [0.5, 0.6) is 11.5 Å². The average Bonchev–Trinajstić information content (AvgIpc) is 2.56. The van der Waals surface area contributed by atoms with Crippen molar-refractivity contribution in [2.75, 3.05) is 19.0 Å². The fraction of sp³-hybridized carbons (Fsp3) is 0.316. The zero-order valence-corrected chi connectivity index (χ0v) is 13.7. The normalized spacial score (nSPS) is 10.2. The highest BCUT2D eigenvalue weighted by atomic mass is 16.5. The van der Waals surface area contributed by atoms with Gasteiger partial charge in [-0.15, -0.1) is 0 Å². The minimum Gasteiger partial charge on any atom is -0.497 e. The molecule has 0 aliphatic carbocycles. The first-order valence-electron chi connectivity index (χ1n) is 7.87. The Kier molecular flexibility index (Phi) is 6.48. The number of anilines is 1. The molecule has 0 spiro atoms. The number of ether oxygens (including phenoxy) is 2. The van der Waals surface area contributed by atoms with Gasteiger partial charge in [-0.05, 0) is 36.2 Å². The molecule has 0 heterocycles. The van der Waals surface area contributed by atoms with Gasteiger partial charge in [0.2, 0.25) is 5.91 Å². The zero-order chi connectivity index (χ0) is 16.5. The van der Waals surface area contributed by atoms with Crippen molar-refractivity contribution in [1.82, 2.24) is 0 Å². The summed E-state index contributed by atoms with van der Waals surface area (Å²) >= 11 is 0. The number of rotatable bonds is 8. The van der Waals surface area contributed by atoms with E-state index in [1.165, 1.54) is 0 Å². The standard InChI is InChI=1S/C19H23NO3/c1-3-4-12-23-18-7-5-6-16(14-18)20-19(21)13-15-8-10-17(22-2)11-9-15/h5-11,14H,3-4,12-13H2,1-2H3,(H,20,21).